The van der Waals surface area contributed by atoms with Gasteiger partial charge in [-0.2, -0.15) is 0 Å². The molecule has 0 saturated carbocycles. The Hall–Kier alpha value is -3.81. The fraction of sp³-hybridized carbons (Fsp3) is 0.320. The number of fused-ring (bicyclic) bond motifs is 4. The van der Waals surface area contributed by atoms with E-state index < -0.39 is 11.6 Å². The highest BCUT2D eigenvalue weighted by Crippen LogP contribution is 2.42. The first-order chi connectivity index (χ1) is 15.8. The Morgan fingerprint density at radius 3 is 2.61 bits per heavy atom. The van der Waals surface area contributed by atoms with Crippen LogP contribution >= 0.6 is 0 Å². The lowest BCUT2D eigenvalue weighted by atomic mass is 9.82. The van der Waals surface area contributed by atoms with Gasteiger partial charge in [0.15, 0.2) is 0 Å². The molecule has 2 aliphatic rings. The van der Waals surface area contributed by atoms with Crippen LogP contribution in [0.1, 0.15) is 30.7 Å². The average Bonchev–Trinajstić information content (AvgIpc) is 3.17. The molecular formula is C25H26N4O4. The number of carbonyl (C=O) groups is 3. The highest BCUT2D eigenvalue weighted by atomic mass is 16.5. The van der Waals surface area contributed by atoms with E-state index in [4.69, 9.17) is 4.74 Å². The first kappa shape index (κ1) is 21.1. The van der Waals surface area contributed by atoms with Gasteiger partial charge in [0.05, 0.1) is 19.1 Å². The first-order valence-corrected chi connectivity index (χ1v) is 11.0. The molecule has 3 amide bonds. The van der Waals surface area contributed by atoms with Crippen LogP contribution in [0.4, 0.5) is 0 Å². The number of aromatic amines is 1. The lowest BCUT2D eigenvalue weighted by Gasteiger charge is -2.50. The Bertz CT molecular complexity index is 1260. The predicted molar refractivity (Wildman–Crippen MR) is 122 cm³/mol. The summed E-state index contributed by atoms with van der Waals surface area (Å²) in [5.41, 5.74) is 5.75. The minimum Gasteiger partial charge on any atom is -0.497 e. The van der Waals surface area contributed by atoms with Crippen LogP contribution in [0, 0.1) is 0 Å². The van der Waals surface area contributed by atoms with E-state index in [1.165, 1.54) is 5.01 Å². The van der Waals surface area contributed by atoms with Crippen molar-refractivity contribution in [3.8, 4) is 5.75 Å². The molecule has 1 atom stereocenters. The van der Waals surface area contributed by atoms with E-state index in [-0.39, 0.29) is 30.7 Å². The molecule has 0 aliphatic carbocycles. The third kappa shape index (κ3) is 3.42. The van der Waals surface area contributed by atoms with Gasteiger partial charge in [-0.3, -0.25) is 19.8 Å². The van der Waals surface area contributed by atoms with Gasteiger partial charge in [-0.05, 0) is 43.2 Å². The Morgan fingerprint density at radius 2 is 1.88 bits per heavy atom. The van der Waals surface area contributed by atoms with Gasteiger partial charge in [-0.25, -0.2) is 5.01 Å². The molecule has 0 radical (unpaired) electrons. The largest absolute Gasteiger partial charge is 0.497 e. The molecule has 170 valence electrons. The van der Waals surface area contributed by atoms with Crippen molar-refractivity contribution in [2.45, 2.75) is 38.3 Å². The molecule has 5 rings (SSSR count). The summed E-state index contributed by atoms with van der Waals surface area (Å²) in [4.78, 5) is 44.4. The van der Waals surface area contributed by atoms with Crippen LogP contribution in [-0.4, -0.2) is 52.3 Å². The number of nitrogens with one attached hydrogen (secondary N) is 2. The van der Waals surface area contributed by atoms with Gasteiger partial charge in [0.25, 0.3) is 5.91 Å². The fourth-order valence-corrected chi connectivity index (χ4v) is 5.09. The van der Waals surface area contributed by atoms with Crippen molar-refractivity contribution < 1.29 is 19.1 Å². The van der Waals surface area contributed by atoms with E-state index in [0.29, 0.717) is 12.2 Å². The number of para-hydroxylation sites is 1. The van der Waals surface area contributed by atoms with Crippen molar-refractivity contribution in [2.75, 3.05) is 13.7 Å². The lowest BCUT2D eigenvalue weighted by Crippen LogP contribution is -2.69. The summed E-state index contributed by atoms with van der Waals surface area (Å²) < 4.78 is 5.14. The molecule has 2 aliphatic heterocycles. The summed E-state index contributed by atoms with van der Waals surface area (Å²) in [5.74, 6) is -0.120. The number of H-pyrrole nitrogens is 1. The number of hydrazine groups is 1. The zero-order valence-electron chi connectivity index (χ0n) is 18.8. The van der Waals surface area contributed by atoms with Crippen LogP contribution in [0.2, 0.25) is 0 Å². The number of hydrogen-bond donors (Lipinski definition) is 2. The topological polar surface area (TPSA) is 94.7 Å². The Kier molecular flexibility index (Phi) is 4.88. The molecule has 0 unspecified atom stereocenters. The second-order valence-corrected chi connectivity index (χ2v) is 9.05. The van der Waals surface area contributed by atoms with Crippen LogP contribution in [0.3, 0.4) is 0 Å². The molecule has 8 nitrogen and oxygen atoms in total. The lowest BCUT2D eigenvalue weighted by molar-refractivity contribution is -0.168. The first-order valence-electron chi connectivity index (χ1n) is 11.0. The quantitative estimate of drug-likeness (QED) is 0.643. The van der Waals surface area contributed by atoms with E-state index in [0.717, 1.165) is 27.7 Å². The van der Waals surface area contributed by atoms with Crippen LogP contribution in [-0.2, 0) is 32.8 Å². The third-order valence-corrected chi connectivity index (χ3v) is 6.63. The molecule has 1 aromatic heterocycles. The second kappa shape index (κ2) is 7.65. The van der Waals surface area contributed by atoms with Crippen molar-refractivity contribution in [3.63, 3.8) is 0 Å². The molecule has 1 fully saturated rings. The molecule has 33 heavy (non-hydrogen) atoms. The maximum atomic E-state index is 13.4. The van der Waals surface area contributed by atoms with Crippen molar-refractivity contribution in [1.29, 1.82) is 0 Å². The molecular weight excluding hydrogens is 420 g/mol. The summed E-state index contributed by atoms with van der Waals surface area (Å²) in [6.07, 6.45) is 0.493. The second-order valence-electron chi connectivity index (χ2n) is 9.05. The predicted octanol–water partition coefficient (Wildman–Crippen LogP) is 2.28. The Morgan fingerprint density at radius 1 is 1.15 bits per heavy atom. The van der Waals surface area contributed by atoms with Crippen molar-refractivity contribution in [3.05, 3.63) is 65.4 Å². The smallest absolute Gasteiger partial charge is 0.264 e. The Labute approximate surface area is 191 Å². The normalized spacial score (nSPS) is 19.3. The average molecular weight is 447 g/mol. The fourth-order valence-electron chi connectivity index (χ4n) is 5.09. The minimum absolute atomic E-state index is 0.0917. The molecule has 8 heteroatoms. The molecule has 0 spiro atoms. The Balaban J connectivity index is 1.39. The monoisotopic (exact) mass is 446 g/mol. The molecule has 0 bridgehead atoms. The summed E-state index contributed by atoms with van der Waals surface area (Å²) in [6, 6.07) is 14.4. The molecule has 3 aromatic rings. The van der Waals surface area contributed by atoms with Crippen LogP contribution in [0.5, 0.6) is 5.75 Å². The summed E-state index contributed by atoms with van der Waals surface area (Å²) in [6.45, 7) is 3.72. The number of rotatable bonds is 4. The summed E-state index contributed by atoms with van der Waals surface area (Å²) >= 11 is 0. The number of hydrogen-bond acceptors (Lipinski definition) is 4. The summed E-state index contributed by atoms with van der Waals surface area (Å²) in [5, 5.41) is 2.23. The molecule has 2 aromatic carbocycles. The van der Waals surface area contributed by atoms with Gasteiger partial charge in [0, 0.05) is 23.0 Å². The van der Waals surface area contributed by atoms with E-state index in [1.807, 2.05) is 38.1 Å². The summed E-state index contributed by atoms with van der Waals surface area (Å²) in [7, 11) is 1.58. The van der Waals surface area contributed by atoms with Gasteiger partial charge in [-0.1, -0.05) is 30.3 Å². The molecule has 1 saturated heterocycles. The highest BCUT2D eigenvalue weighted by molar-refractivity contribution is 5.98. The van der Waals surface area contributed by atoms with E-state index in [2.05, 4.69) is 10.4 Å². The third-order valence-electron chi connectivity index (χ3n) is 6.63. The standard InChI is InChI=1S/C25H26N4O4/c1-25(2)23-18(17-6-4-5-7-19(17)26-23)13-20-24(32)28(14-22(31)29(20)25)27-21(30)12-15-8-10-16(33-3)11-9-15/h4-11,20,26H,12-14H2,1-3H3,(H,27,30)/t20-/m0/s1. The number of ether oxygens (including phenoxy) is 1. The zero-order valence-corrected chi connectivity index (χ0v) is 18.8. The minimum atomic E-state index is -0.677. The number of carbonyl (C=O) groups excluding carboxylic acids is 3. The number of amides is 3. The van der Waals surface area contributed by atoms with Crippen LogP contribution in [0.15, 0.2) is 48.5 Å². The van der Waals surface area contributed by atoms with Gasteiger partial charge < -0.3 is 14.6 Å². The molecule has 3 heterocycles. The van der Waals surface area contributed by atoms with Gasteiger partial charge >= 0.3 is 0 Å². The SMILES string of the molecule is COc1ccc(CC(=O)NN2CC(=O)N3[C@@H](Cc4c([nH]c5ccccc45)C3(C)C)C2=O)cc1. The van der Waals surface area contributed by atoms with Gasteiger partial charge in [-0.15, -0.1) is 0 Å². The van der Waals surface area contributed by atoms with E-state index in [1.54, 1.807) is 36.3 Å². The number of piperazine rings is 1. The van der Waals surface area contributed by atoms with Crippen molar-refractivity contribution in [2.24, 2.45) is 0 Å². The van der Waals surface area contributed by atoms with E-state index >= 15 is 0 Å². The maximum Gasteiger partial charge on any atom is 0.264 e. The maximum absolute atomic E-state index is 13.4. The van der Waals surface area contributed by atoms with Crippen LogP contribution in [0.25, 0.3) is 10.9 Å². The van der Waals surface area contributed by atoms with Gasteiger partial charge in [0.2, 0.25) is 11.8 Å². The zero-order chi connectivity index (χ0) is 23.3. The molecule has 2 N–H and O–H groups in total. The van der Waals surface area contributed by atoms with E-state index in [9.17, 15) is 14.4 Å². The highest BCUT2D eigenvalue weighted by Gasteiger charge is 2.51. The number of benzene rings is 2. The van der Waals surface area contributed by atoms with Gasteiger partial charge in [0.1, 0.15) is 18.3 Å². The number of nitrogens with zero attached hydrogens (tertiary/aromatic N) is 2. The number of methoxy groups -OCH3 is 1. The van der Waals surface area contributed by atoms with Crippen LogP contribution < -0.4 is 10.2 Å². The number of aromatic nitrogens is 1. The van der Waals surface area contributed by atoms with Crippen molar-refractivity contribution >= 4 is 28.6 Å². The van der Waals surface area contributed by atoms with Crippen molar-refractivity contribution in [1.82, 2.24) is 20.3 Å².